The first-order valence-electron chi connectivity index (χ1n) is 40.0. The zero-order valence-corrected chi connectivity index (χ0v) is 75.9. The average Bonchev–Trinajstić information content (AvgIpc) is 0.822. The summed E-state index contributed by atoms with van der Waals surface area (Å²) in [5, 5.41) is 22.5. The molecular formula is C96H146BrCl3O7. The number of hydrogen-bond acceptors (Lipinski definition) is 7. The van der Waals surface area contributed by atoms with E-state index in [1.165, 1.54) is 75.5 Å². The van der Waals surface area contributed by atoms with Crippen molar-refractivity contribution in [3.8, 4) is 0 Å². The summed E-state index contributed by atoms with van der Waals surface area (Å²) in [6.45, 7) is 59.0. The molecule has 7 atom stereocenters. The number of aliphatic hydroxyl groups is 2. The molecule has 0 radical (unpaired) electrons. The van der Waals surface area contributed by atoms with Crippen molar-refractivity contribution in [2.75, 3.05) is 20.3 Å². The molecule has 0 saturated carbocycles. The van der Waals surface area contributed by atoms with Crippen molar-refractivity contribution in [1.82, 2.24) is 0 Å². The maximum Gasteiger partial charge on any atom is 0.337 e. The lowest BCUT2D eigenvalue weighted by molar-refractivity contribution is 0.0600. The van der Waals surface area contributed by atoms with Gasteiger partial charge < -0.3 is 14.9 Å². The second-order valence-electron chi connectivity index (χ2n) is 23.8. The van der Waals surface area contributed by atoms with Gasteiger partial charge in [-0.15, -0.1) is 0 Å². The highest BCUT2D eigenvalue weighted by molar-refractivity contribution is 9.10. The molecule has 8 aromatic rings. The topological polar surface area (TPSA) is 118 Å². The zero-order chi connectivity index (χ0) is 83.7. The molecule has 0 bridgehead atoms. The molecule has 2 N–H and O–H groups in total. The lowest BCUT2D eigenvalue weighted by Crippen LogP contribution is -2.10. The number of rotatable bonds is 20. The molecule has 0 fully saturated rings. The second-order valence-corrected chi connectivity index (χ2v) is 26.0. The molecule has 8 aromatic carbocycles. The van der Waals surface area contributed by atoms with Crippen LogP contribution in [0.25, 0.3) is 10.8 Å². The van der Waals surface area contributed by atoms with Gasteiger partial charge in [-0.25, -0.2) is 4.79 Å². The fraction of sp³-hybridized carbons (Fsp3) is 0.479. The third kappa shape index (κ3) is 46.1. The predicted molar refractivity (Wildman–Crippen MR) is 480 cm³/mol. The van der Waals surface area contributed by atoms with Crippen molar-refractivity contribution in [1.29, 1.82) is 0 Å². The predicted octanol–water partition coefficient (Wildman–Crippen LogP) is 31.8. The van der Waals surface area contributed by atoms with Crippen LogP contribution >= 0.6 is 50.7 Å². The number of benzene rings is 8. The highest BCUT2D eigenvalue weighted by Gasteiger charge is 2.16. The number of carbonyl (C=O) groups excluding carboxylic acids is 4. The fourth-order valence-corrected chi connectivity index (χ4v) is 10.2. The molecule has 8 rings (SSSR count). The monoisotopic (exact) mass is 1590 g/mol. The van der Waals surface area contributed by atoms with Gasteiger partial charge >= 0.3 is 5.97 Å². The minimum absolute atomic E-state index is 0.144. The molecule has 600 valence electrons. The number of hydrogen-bond donors (Lipinski definition) is 2. The van der Waals surface area contributed by atoms with E-state index in [-0.39, 0.29) is 17.5 Å². The van der Waals surface area contributed by atoms with E-state index in [1.54, 1.807) is 25.1 Å². The molecule has 0 aromatic heterocycles. The number of fused-ring (bicyclic) bond motifs is 1. The van der Waals surface area contributed by atoms with Crippen LogP contribution in [0, 0.1) is 0 Å². The van der Waals surface area contributed by atoms with Gasteiger partial charge in [0.1, 0.15) is 13.2 Å². The van der Waals surface area contributed by atoms with E-state index >= 15 is 0 Å². The SMILES string of the molecule is CC.CC.CC.CC.CC.CC.CC.CCC(C)c1cc(C(=O)CO)cc(C(=O)OC)c1.CCC(C)c1ccc(Cl)c(Cl)c1.CCC(C)c1ccc(Cl)cc1.CCC(C)c1cccc(Br)c1.CCC(C)c1cccc(C(=O)CO)c1.CCC(C)c1cccc(C(C)=O)c1.CCC(C)c1cccc2ccccc12. The molecule has 0 saturated heterocycles. The van der Waals surface area contributed by atoms with Gasteiger partial charge in [0.25, 0.3) is 0 Å². The first-order valence-corrected chi connectivity index (χ1v) is 41.9. The van der Waals surface area contributed by atoms with E-state index < -0.39 is 25.0 Å². The number of esters is 1. The summed E-state index contributed by atoms with van der Waals surface area (Å²) < 4.78 is 5.84. The van der Waals surface area contributed by atoms with Gasteiger partial charge in [0.15, 0.2) is 17.3 Å². The molecule has 0 aliphatic rings. The van der Waals surface area contributed by atoms with Crippen molar-refractivity contribution < 1.29 is 34.1 Å². The number of carbonyl (C=O) groups is 4. The standard InChI is InChI=1S/C14H18O4.C14H16.C12H16O2.C12H16O.C10H13Br.C10H12Cl2.C10H13Cl.7C2H6/c1-4-9(2)10-5-11(13(16)8-15)7-12(6-10)14(17)18-3;1-3-11(2)13-10-6-8-12-7-4-5-9-14(12)13;1-3-9(2)10-5-4-6-11(7-10)12(14)8-13;1-4-9(2)11-6-5-7-12(8-11)10(3)13;1-3-8(2)9-5-4-6-10(11)7-9;1-3-7(2)8-4-5-9(11)10(12)6-8;1-3-8(2)9-4-6-10(11)7-5-9;7*1-2/h5-7,9,15H,4,8H2,1-3H3;4-11H,3H2,1-2H3;4-7,9,13H,3,8H2,1-2H3;5-9H,4H2,1-3H3;4-8H,3H2,1-2H3;4-7H,3H2,1-2H3;4-8H,3H2,1-2H3;7*1-2H3. The molecule has 0 aliphatic heterocycles. The van der Waals surface area contributed by atoms with Gasteiger partial charge in [0.2, 0.25) is 0 Å². The van der Waals surface area contributed by atoms with Crippen molar-refractivity contribution in [2.24, 2.45) is 0 Å². The Labute approximate surface area is 678 Å². The van der Waals surface area contributed by atoms with E-state index in [4.69, 9.17) is 45.0 Å². The Morgan fingerprint density at radius 2 is 0.701 bits per heavy atom. The maximum atomic E-state index is 11.5. The number of methoxy groups -OCH3 is 1. The van der Waals surface area contributed by atoms with Crippen LogP contribution in [-0.4, -0.2) is 53.9 Å². The largest absolute Gasteiger partial charge is 0.465 e. The van der Waals surface area contributed by atoms with Crippen LogP contribution in [0.3, 0.4) is 0 Å². The Balaban J connectivity index is -0.000000271. The summed E-state index contributed by atoms with van der Waals surface area (Å²) >= 11 is 20.9. The number of ether oxygens (including phenoxy) is 1. The quantitative estimate of drug-likeness (QED) is 0.0576. The van der Waals surface area contributed by atoms with E-state index in [9.17, 15) is 19.2 Å². The summed E-state index contributed by atoms with van der Waals surface area (Å²) in [5.41, 5.74) is 10.9. The van der Waals surface area contributed by atoms with Gasteiger partial charge in [-0.05, 0) is 210 Å². The number of aliphatic hydroxyl groups excluding tert-OH is 2. The summed E-state index contributed by atoms with van der Waals surface area (Å²) in [6, 6.07) is 57.9. The molecule has 7 unspecified atom stereocenters. The first kappa shape index (κ1) is 112. The molecule has 11 heteroatoms. The highest BCUT2D eigenvalue weighted by atomic mass is 79.9. The lowest BCUT2D eigenvalue weighted by atomic mass is 9.93. The van der Waals surface area contributed by atoms with E-state index in [1.807, 2.05) is 178 Å². The van der Waals surface area contributed by atoms with Gasteiger partial charge in [-0.3, -0.25) is 14.4 Å². The van der Waals surface area contributed by atoms with Gasteiger partial charge in [-0.2, -0.15) is 0 Å². The fourth-order valence-electron chi connectivity index (χ4n) is 9.34. The lowest BCUT2D eigenvalue weighted by Gasteiger charge is -2.12. The van der Waals surface area contributed by atoms with E-state index in [0.717, 1.165) is 47.4 Å². The van der Waals surface area contributed by atoms with E-state index in [0.29, 0.717) is 62.2 Å². The van der Waals surface area contributed by atoms with Crippen molar-refractivity contribution in [3.63, 3.8) is 0 Å². The third-order valence-electron chi connectivity index (χ3n) is 17.2. The third-order valence-corrected chi connectivity index (χ3v) is 18.7. The van der Waals surface area contributed by atoms with Crippen LogP contribution in [0.15, 0.2) is 180 Å². The van der Waals surface area contributed by atoms with Crippen LogP contribution in [0.4, 0.5) is 0 Å². The minimum Gasteiger partial charge on any atom is -0.465 e. The number of ketones is 3. The average molecular weight is 1600 g/mol. The summed E-state index contributed by atoms with van der Waals surface area (Å²) in [5.74, 6) is 2.82. The minimum atomic E-state index is -0.565. The van der Waals surface area contributed by atoms with Crippen LogP contribution in [0.2, 0.25) is 15.1 Å². The molecular weight excluding hydrogens is 1450 g/mol. The van der Waals surface area contributed by atoms with Crippen molar-refractivity contribution in [2.45, 2.75) is 287 Å². The molecule has 0 heterocycles. The summed E-state index contributed by atoms with van der Waals surface area (Å²) in [6.07, 6.45) is 7.78. The normalized spacial score (nSPS) is 11.4. The Morgan fingerprint density at radius 1 is 0.355 bits per heavy atom. The second kappa shape index (κ2) is 71.4. The van der Waals surface area contributed by atoms with Crippen molar-refractivity contribution >= 4 is 84.8 Å². The molecule has 107 heavy (non-hydrogen) atoms. The summed E-state index contributed by atoms with van der Waals surface area (Å²) in [7, 11) is 1.30. The Morgan fingerprint density at radius 3 is 1.12 bits per heavy atom. The highest BCUT2D eigenvalue weighted by Crippen LogP contribution is 2.30. The summed E-state index contributed by atoms with van der Waals surface area (Å²) in [4.78, 5) is 45.4. The molecule has 0 spiro atoms. The van der Waals surface area contributed by atoms with Gasteiger partial charge in [-0.1, -0.05) is 354 Å². The van der Waals surface area contributed by atoms with Gasteiger partial charge in [0.05, 0.1) is 22.7 Å². The maximum absolute atomic E-state index is 11.5. The zero-order valence-electron chi connectivity index (χ0n) is 72.1. The number of halogens is 4. The smallest absolute Gasteiger partial charge is 0.337 e. The Kier molecular flexibility index (Phi) is 74.5. The van der Waals surface area contributed by atoms with Crippen molar-refractivity contribution in [3.05, 3.63) is 257 Å². The molecule has 7 nitrogen and oxygen atoms in total. The molecule has 0 aliphatic carbocycles. The Hall–Kier alpha value is -6.23. The van der Waals surface area contributed by atoms with E-state index in [2.05, 4.69) is 189 Å². The Bertz CT molecular complexity index is 3470. The van der Waals surface area contributed by atoms with Crippen LogP contribution in [0.1, 0.15) is 368 Å². The first-order chi connectivity index (χ1) is 51.3. The van der Waals surface area contributed by atoms with Crippen LogP contribution < -0.4 is 0 Å². The van der Waals surface area contributed by atoms with Crippen LogP contribution in [0.5, 0.6) is 0 Å². The van der Waals surface area contributed by atoms with Gasteiger partial charge in [0, 0.05) is 26.2 Å². The number of Topliss-reactive ketones (excluding diaryl/α,β-unsaturated/α-hetero) is 3. The van der Waals surface area contributed by atoms with Crippen LogP contribution in [-0.2, 0) is 4.74 Å². The molecule has 0 amide bonds.